The molecule has 2 aromatic rings. The fraction of sp³-hybridized carbons (Fsp3) is 0.111. The van der Waals surface area contributed by atoms with Crippen LogP contribution in [0.15, 0.2) is 67.3 Å². The Bertz CT molecular complexity index is 580. The molecule has 0 spiro atoms. The molecule has 2 heteroatoms. The molecule has 2 aromatic carbocycles. The van der Waals surface area contributed by atoms with Crippen LogP contribution in [0.4, 0.5) is 0 Å². The second-order valence-corrected chi connectivity index (χ2v) is 4.49. The second kappa shape index (κ2) is 6.62. The van der Waals surface area contributed by atoms with Gasteiger partial charge in [-0.05, 0) is 35.4 Å². The molecule has 1 unspecified atom stereocenters. The Hall–Kier alpha value is -2.48. The summed E-state index contributed by atoms with van der Waals surface area (Å²) in [7, 11) is 1.66. The Balaban J connectivity index is 2.15. The lowest BCUT2D eigenvalue weighted by molar-refractivity contribution is 0.414. The monoisotopic (exact) mass is 266 g/mol. The van der Waals surface area contributed by atoms with Crippen LogP contribution in [-0.4, -0.2) is 12.2 Å². The Morgan fingerprint density at radius 3 is 2.25 bits per heavy atom. The zero-order valence-electron chi connectivity index (χ0n) is 11.5. The molecular weight excluding hydrogens is 248 g/mol. The standard InChI is InChI=1S/C18H18O2/c1-3-15(16-8-12-18(20-2)13-9-16)7-4-14-5-10-17(19)11-6-14/h3-13,15,19H,1H2,2H3/b7-4-. The third kappa shape index (κ3) is 3.51. The Morgan fingerprint density at radius 1 is 1.05 bits per heavy atom. The van der Waals surface area contributed by atoms with Crippen LogP contribution < -0.4 is 4.74 Å². The number of rotatable bonds is 5. The predicted octanol–water partition coefficient (Wildman–Crippen LogP) is 4.38. The fourth-order valence-electron chi connectivity index (χ4n) is 1.95. The highest BCUT2D eigenvalue weighted by Gasteiger charge is 2.03. The summed E-state index contributed by atoms with van der Waals surface area (Å²) in [6.45, 7) is 3.88. The van der Waals surface area contributed by atoms with Crippen molar-refractivity contribution in [3.63, 3.8) is 0 Å². The van der Waals surface area contributed by atoms with E-state index in [0.717, 1.165) is 16.9 Å². The summed E-state index contributed by atoms with van der Waals surface area (Å²) in [4.78, 5) is 0. The summed E-state index contributed by atoms with van der Waals surface area (Å²) in [6, 6.07) is 15.1. The van der Waals surface area contributed by atoms with E-state index in [4.69, 9.17) is 4.74 Å². The van der Waals surface area contributed by atoms with Crippen LogP contribution in [0.2, 0.25) is 0 Å². The summed E-state index contributed by atoms with van der Waals surface area (Å²) in [5.74, 6) is 1.27. The van der Waals surface area contributed by atoms with Gasteiger partial charge in [0.2, 0.25) is 0 Å². The topological polar surface area (TPSA) is 29.5 Å². The molecule has 0 aliphatic heterocycles. The third-order valence-corrected chi connectivity index (χ3v) is 3.14. The minimum Gasteiger partial charge on any atom is -0.508 e. The highest BCUT2D eigenvalue weighted by Crippen LogP contribution is 2.22. The number of hydrogen-bond donors (Lipinski definition) is 1. The number of allylic oxidation sites excluding steroid dienone is 2. The summed E-state index contributed by atoms with van der Waals surface area (Å²) >= 11 is 0. The second-order valence-electron chi connectivity index (χ2n) is 4.49. The maximum atomic E-state index is 9.26. The molecule has 0 radical (unpaired) electrons. The molecule has 20 heavy (non-hydrogen) atoms. The van der Waals surface area contributed by atoms with Gasteiger partial charge in [0.25, 0.3) is 0 Å². The third-order valence-electron chi connectivity index (χ3n) is 3.14. The minimum atomic E-state index is 0.148. The number of benzene rings is 2. The summed E-state index contributed by atoms with van der Waals surface area (Å²) in [5.41, 5.74) is 2.21. The molecular formula is C18H18O2. The van der Waals surface area contributed by atoms with E-state index in [-0.39, 0.29) is 11.7 Å². The van der Waals surface area contributed by atoms with Gasteiger partial charge in [0.1, 0.15) is 11.5 Å². The molecule has 0 saturated carbocycles. The molecule has 2 nitrogen and oxygen atoms in total. The van der Waals surface area contributed by atoms with Crippen molar-refractivity contribution in [1.82, 2.24) is 0 Å². The molecule has 0 aromatic heterocycles. The van der Waals surface area contributed by atoms with Crippen molar-refractivity contribution in [2.75, 3.05) is 7.11 Å². The first-order valence-electron chi connectivity index (χ1n) is 6.46. The van der Waals surface area contributed by atoms with E-state index in [1.165, 1.54) is 0 Å². The van der Waals surface area contributed by atoms with Gasteiger partial charge in [-0.2, -0.15) is 0 Å². The van der Waals surface area contributed by atoms with Crippen LogP contribution in [0.3, 0.4) is 0 Å². The SMILES string of the molecule is C=CC(/C=C\c1ccc(O)cc1)c1ccc(OC)cc1. The van der Waals surface area contributed by atoms with E-state index in [1.807, 2.05) is 48.6 Å². The van der Waals surface area contributed by atoms with Crippen molar-refractivity contribution in [2.24, 2.45) is 0 Å². The van der Waals surface area contributed by atoms with Gasteiger partial charge in [0.15, 0.2) is 0 Å². The molecule has 0 amide bonds. The van der Waals surface area contributed by atoms with E-state index in [0.29, 0.717) is 0 Å². The quantitative estimate of drug-likeness (QED) is 0.814. The first-order chi connectivity index (χ1) is 9.72. The molecule has 1 atom stereocenters. The lowest BCUT2D eigenvalue weighted by Crippen LogP contribution is -1.91. The summed E-state index contributed by atoms with van der Waals surface area (Å²) in [6.07, 6.45) is 6.01. The average molecular weight is 266 g/mol. The van der Waals surface area contributed by atoms with E-state index < -0.39 is 0 Å². The van der Waals surface area contributed by atoms with E-state index in [1.54, 1.807) is 19.2 Å². The van der Waals surface area contributed by atoms with Crippen LogP contribution in [0.25, 0.3) is 6.08 Å². The molecule has 0 aliphatic carbocycles. The van der Waals surface area contributed by atoms with Crippen molar-refractivity contribution in [2.45, 2.75) is 5.92 Å². The first-order valence-corrected chi connectivity index (χ1v) is 6.46. The molecule has 102 valence electrons. The van der Waals surface area contributed by atoms with Crippen LogP contribution >= 0.6 is 0 Å². The van der Waals surface area contributed by atoms with E-state index in [2.05, 4.69) is 12.7 Å². The van der Waals surface area contributed by atoms with Crippen LogP contribution in [0.5, 0.6) is 11.5 Å². The predicted molar refractivity (Wildman–Crippen MR) is 83.1 cm³/mol. The lowest BCUT2D eigenvalue weighted by atomic mass is 9.98. The van der Waals surface area contributed by atoms with Crippen molar-refractivity contribution in [3.05, 3.63) is 78.4 Å². The molecule has 0 bridgehead atoms. The smallest absolute Gasteiger partial charge is 0.118 e. The van der Waals surface area contributed by atoms with Gasteiger partial charge < -0.3 is 9.84 Å². The van der Waals surface area contributed by atoms with Gasteiger partial charge in [-0.3, -0.25) is 0 Å². The zero-order valence-corrected chi connectivity index (χ0v) is 11.5. The van der Waals surface area contributed by atoms with Gasteiger partial charge in [0.05, 0.1) is 7.11 Å². The van der Waals surface area contributed by atoms with Gasteiger partial charge in [-0.25, -0.2) is 0 Å². The normalized spacial score (nSPS) is 12.2. The number of methoxy groups -OCH3 is 1. The van der Waals surface area contributed by atoms with Crippen LogP contribution in [0.1, 0.15) is 17.0 Å². The fourth-order valence-corrected chi connectivity index (χ4v) is 1.95. The average Bonchev–Trinajstić information content (AvgIpc) is 2.50. The highest BCUT2D eigenvalue weighted by atomic mass is 16.5. The van der Waals surface area contributed by atoms with Crippen molar-refractivity contribution in [3.8, 4) is 11.5 Å². The number of phenolic OH excluding ortho intramolecular Hbond substituents is 1. The molecule has 0 aliphatic rings. The van der Waals surface area contributed by atoms with Crippen molar-refractivity contribution in [1.29, 1.82) is 0 Å². The molecule has 1 N–H and O–H groups in total. The van der Waals surface area contributed by atoms with Gasteiger partial charge in [-0.1, -0.05) is 42.5 Å². The molecule has 2 rings (SSSR count). The number of ether oxygens (including phenoxy) is 1. The molecule has 0 saturated heterocycles. The lowest BCUT2D eigenvalue weighted by Gasteiger charge is -2.09. The number of aromatic hydroxyl groups is 1. The van der Waals surface area contributed by atoms with Crippen molar-refractivity contribution >= 4 is 6.08 Å². The highest BCUT2D eigenvalue weighted by molar-refractivity contribution is 5.52. The van der Waals surface area contributed by atoms with Crippen molar-refractivity contribution < 1.29 is 9.84 Å². The largest absolute Gasteiger partial charge is 0.508 e. The van der Waals surface area contributed by atoms with Gasteiger partial charge in [0, 0.05) is 5.92 Å². The first kappa shape index (κ1) is 13.9. The molecule has 0 fully saturated rings. The van der Waals surface area contributed by atoms with Gasteiger partial charge >= 0.3 is 0 Å². The van der Waals surface area contributed by atoms with E-state index in [9.17, 15) is 5.11 Å². The molecule has 0 heterocycles. The zero-order chi connectivity index (χ0) is 14.4. The van der Waals surface area contributed by atoms with Crippen LogP contribution in [0, 0.1) is 0 Å². The maximum absolute atomic E-state index is 9.26. The van der Waals surface area contributed by atoms with Gasteiger partial charge in [-0.15, -0.1) is 6.58 Å². The van der Waals surface area contributed by atoms with Crippen LogP contribution in [-0.2, 0) is 0 Å². The van der Waals surface area contributed by atoms with E-state index >= 15 is 0 Å². The number of phenols is 1. The maximum Gasteiger partial charge on any atom is 0.118 e. The number of hydrogen-bond acceptors (Lipinski definition) is 2. The Labute approximate surface area is 119 Å². The Kier molecular flexibility index (Phi) is 4.61. The summed E-state index contributed by atoms with van der Waals surface area (Å²) in [5, 5.41) is 9.26. The Morgan fingerprint density at radius 2 is 1.70 bits per heavy atom. The minimum absolute atomic E-state index is 0.148. The summed E-state index contributed by atoms with van der Waals surface area (Å²) < 4.78 is 5.16.